The fourth-order valence-electron chi connectivity index (χ4n) is 2.29. The molecule has 1 heterocycles. The highest BCUT2D eigenvalue weighted by molar-refractivity contribution is 5.54. The maximum Gasteiger partial charge on any atom is 0.231 e. The zero-order chi connectivity index (χ0) is 11.1. The van der Waals surface area contributed by atoms with Crippen molar-refractivity contribution in [3.05, 3.63) is 17.7 Å². The summed E-state index contributed by atoms with van der Waals surface area (Å²) in [6, 6.07) is 3.94. The van der Waals surface area contributed by atoms with Crippen molar-refractivity contribution in [2.75, 3.05) is 20.4 Å². The molecule has 86 valence electrons. The third-order valence-electron chi connectivity index (χ3n) is 3.35. The molecule has 0 aromatic heterocycles. The average molecular weight is 221 g/mol. The lowest BCUT2D eigenvalue weighted by molar-refractivity contribution is 0.174. The molecule has 0 spiro atoms. The number of methoxy groups -OCH3 is 1. The van der Waals surface area contributed by atoms with Gasteiger partial charge in [0.1, 0.15) is 5.75 Å². The topological polar surface area (TPSA) is 53.7 Å². The van der Waals surface area contributed by atoms with Crippen molar-refractivity contribution < 1.29 is 14.2 Å². The van der Waals surface area contributed by atoms with Crippen LogP contribution in [0.5, 0.6) is 17.2 Å². The Morgan fingerprint density at radius 1 is 1.38 bits per heavy atom. The van der Waals surface area contributed by atoms with Crippen molar-refractivity contribution in [2.24, 2.45) is 11.7 Å². The van der Waals surface area contributed by atoms with E-state index in [1.807, 2.05) is 12.1 Å². The second kappa shape index (κ2) is 3.56. The van der Waals surface area contributed by atoms with Gasteiger partial charge in [0.15, 0.2) is 11.5 Å². The molecule has 2 atom stereocenters. The summed E-state index contributed by atoms with van der Waals surface area (Å²) in [4.78, 5) is 0. The van der Waals surface area contributed by atoms with Gasteiger partial charge < -0.3 is 19.9 Å². The van der Waals surface area contributed by atoms with E-state index in [1.165, 1.54) is 5.56 Å². The minimum Gasteiger partial charge on any atom is -0.496 e. The first kappa shape index (κ1) is 9.78. The van der Waals surface area contributed by atoms with Gasteiger partial charge in [0, 0.05) is 11.6 Å². The highest BCUT2D eigenvalue weighted by Crippen LogP contribution is 2.52. The molecule has 4 heteroatoms. The summed E-state index contributed by atoms with van der Waals surface area (Å²) < 4.78 is 16.1. The van der Waals surface area contributed by atoms with E-state index < -0.39 is 0 Å². The van der Waals surface area contributed by atoms with Gasteiger partial charge in [0.2, 0.25) is 6.79 Å². The van der Waals surface area contributed by atoms with Crippen LogP contribution < -0.4 is 19.9 Å². The lowest BCUT2D eigenvalue weighted by atomic mass is 10.1. The third-order valence-corrected chi connectivity index (χ3v) is 3.35. The largest absolute Gasteiger partial charge is 0.496 e. The molecular weight excluding hydrogens is 206 g/mol. The van der Waals surface area contributed by atoms with E-state index in [2.05, 4.69) is 0 Å². The molecule has 1 saturated carbocycles. The van der Waals surface area contributed by atoms with E-state index >= 15 is 0 Å². The molecule has 0 amide bonds. The second-order valence-electron chi connectivity index (χ2n) is 4.29. The Hall–Kier alpha value is -1.42. The van der Waals surface area contributed by atoms with Crippen molar-refractivity contribution in [2.45, 2.75) is 12.3 Å². The van der Waals surface area contributed by atoms with Crippen molar-refractivity contribution >= 4 is 0 Å². The summed E-state index contributed by atoms with van der Waals surface area (Å²) in [5, 5.41) is 0. The van der Waals surface area contributed by atoms with E-state index in [9.17, 15) is 0 Å². The molecule has 0 bridgehead atoms. The molecule has 4 nitrogen and oxygen atoms in total. The van der Waals surface area contributed by atoms with Gasteiger partial charge in [-0.2, -0.15) is 0 Å². The number of nitrogens with two attached hydrogens (primary N) is 1. The first-order valence-corrected chi connectivity index (χ1v) is 5.51. The Morgan fingerprint density at radius 2 is 2.12 bits per heavy atom. The quantitative estimate of drug-likeness (QED) is 0.840. The number of hydrogen-bond acceptors (Lipinski definition) is 4. The Morgan fingerprint density at radius 3 is 2.75 bits per heavy atom. The number of rotatable bonds is 3. The lowest BCUT2D eigenvalue weighted by Gasteiger charge is -2.09. The molecule has 0 unspecified atom stereocenters. The van der Waals surface area contributed by atoms with E-state index in [0.717, 1.165) is 30.2 Å². The number of benzene rings is 1. The summed E-state index contributed by atoms with van der Waals surface area (Å²) in [6.45, 7) is 1.04. The Balaban J connectivity index is 1.97. The fourth-order valence-corrected chi connectivity index (χ4v) is 2.29. The second-order valence-corrected chi connectivity index (χ2v) is 4.29. The van der Waals surface area contributed by atoms with Crippen LogP contribution in [0, 0.1) is 5.92 Å². The normalized spacial score (nSPS) is 25.6. The van der Waals surface area contributed by atoms with Crippen LogP contribution in [0.2, 0.25) is 0 Å². The monoisotopic (exact) mass is 221 g/mol. The van der Waals surface area contributed by atoms with Gasteiger partial charge >= 0.3 is 0 Å². The molecule has 1 aromatic carbocycles. The molecule has 2 N–H and O–H groups in total. The average Bonchev–Trinajstić information content (AvgIpc) is 2.97. The molecule has 0 radical (unpaired) electrons. The predicted molar refractivity (Wildman–Crippen MR) is 59.0 cm³/mol. The van der Waals surface area contributed by atoms with Gasteiger partial charge in [-0.1, -0.05) is 0 Å². The SMILES string of the molecule is COc1cc2c(cc1[C@@H]1C[C@H]1CN)OCO2. The van der Waals surface area contributed by atoms with Crippen LogP contribution in [0.1, 0.15) is 17.9 Å². The first-order chi connectivity index (χ1) is 7.83. The molecule has 16 heavy (non-hydrogen) atoms. The van der Waals surface area contributed by atoms with Crippen LogP contribution in [0.25, 0.3) is 0 Å². The predicted octanol–water partition coefficient (Wildman–Crippen LogP) is 1.49. The van der Waals surface area contributed by atoms with Gasteiger partial charge in [-0.3, -0.25) is 0 Å². The molecule has 1 aliphatic carbocycles. The van der Waals surface area contributed by atoms with Crippen LogP contribution >= 0.6 is 0 Å². The van der Waals surface area contributed by atoms with Crippen LogP contribution in [-0.2, 0) is 0 Å². The minimum absolute atomic E-state index is 0.299. The van der Waals surface area contributed by atoms with E-state index in [4.69, 9.17) is 19.9 Å². The smallest absolute Gasteiger partial charge is 0.231 e. The summed E-state index contributed by atoms with van der Waals surface area (Å²) >= 11 is 0. The van der Waals surface area contributed by atoms with Crippen LogP contribution in [0.3, 0.4) is 0 Å². The van der Waals surface area contributed by atoms with Crippen molar-refractivity contribution in [3.63, 3.8) is 0 Å². The fraction of sp³-hybridized carbons (Fsp3) is 0.500. The van der Waals surface area contributed by atoms with Crippen LogP contribution in [0.4, 0.5) is 0 Å². The lowest BCUT2D eigenvalue weighted by Crippen LogP contribution is -2.02. The van der Waals surface area contributed by atoms with E-state index in [0.29, 0.717) is 18.6 Å². The summed E-state index contributed by atoms with van der Waals surface area (Å²) in [6.07, 6.45) is 1.15. The Kier molecular flexibility index (Phi) is 2.17. The Bertz CT molecular complexity index is 419. The van der Waals surface area contributed by atoms with Gasteiger partial charge in [-0.05, 0) is 30.9 Å². The van der Waals surface area contributed by atoms with Gasteiger partial charge in [-0.15, -0.1) is 0 Å². The van der Waals surface area contributed by atoms with E-state index in [-0.39, 0.29) is 0 Å². The van der Waals surface area contributed by atoms with Crippen molar-refractivity contribution in [3.8, 4) is 17.2 Å². The molecule has 3 rings (SSSR count). The van der Waals surface area contributed by atoms with Crippen molar-refractivity contribution in [1.82, 2.24) is 0 Å². The standard InChI is InChI=1S/C12H15NO3/c1-14-10-4-12-11(15-6-16-12)3-9(10)8-2-7(8)5-13/h3-4,7-8H,2,5-6,13H2,1H3/t7-,8+/m0/s1. The highest BCUT2D eigenvalue weighted by atomic mass is 16.7. The first-order valence-electron chi connectivity index (χ1n) is 5.51. The molecular formula is C12H15NO3. The van der Waals surface area contributed by atoms with Crippen LogP contribution in [0.15, 0.2) is 12.1 Å². The summed E-state index contributed by atoms with van der Waals surface area (Å²) in [5.74, 6) is 3.58. The van der Waals surface area contributed by atoms with Gasteiger partial charge in [0.25, 0.3) is 0 Å². The molecule has 0 saturated heterocycles. The number of hydrogen-bond donors (Lipinski definition) is 1. The molecule has 1 aliphatic heterocycles. The molecule has 2 aliphatic rings. The van der Waals surface area contributed by atoms with E-state index in [1.54, 1.807) is 7.11 Å². The Labute approximate surface area is 94.3 Å². The minimum atomic E-state index is 0.299. The van der Waals surface area contributed by atoms with Gasteiger partial charge in [0.05, 0.1) is 7.11 Å². The molecule has 1 aromatic rings. The summed E-state index contributed by atoms with van der Waals surface area (Å²) in [5.41, 5.74) is 6.87. The number of ether oxygens (including phenoxy) is 3. The maximum atomic E-state index is 5.67. The zero-order valence-corrected chi connectivity index (χ0v) is 9.23. The van der Waals surface area contributed by atoms with Crippen LogP contribution in [-0.4, -0.2) is 20.4 Å². The number of fused-ring (bicyclic) bond motifs is 1. The van der Waals surface area contributed by atoms with Gasteiger partial charge in [-0.25, -0.2) is 0 Å². The zero-order valence-electron chi connectivity index (χ0n) is 9.23. The molecule has 1 fully saturated rings. The summed E-state index contributed by atoms with van der Waals surface area (Å²) in [7, 11) is 1.68. The van der Waals surface area contributed by atoms with Crippen molar-refractivity contribution in [1.29, 1.82) is 0 Å². The maximum absolute atomic E-state index is 5.67. The third kappa shape index (κ3) is 1.41. The highest BCUT2D eigenvalue weighted by Gasteiger charge is 2.39.